The van der Waals surface area contributed by atoms with Crippen molar-refractivity contribution in [2.75, 3.05) is 6.61 Å². The van der Waals surface area contributed by atoms with E-state index in [2.05, 4.69) is 13.8 Å². The zero-order chi connectivity index (χ0) is 7.19. The number of fused-ring (bicyclic) bond motifs is 1. The van der Waals surface area contributed by atoms with Gasteiger partial charge in [0.15, 0.2) is 0 Å². The molecule has 2 aliphatic rings. The third-order valence-corrected chi connectivity index (χ3v) is 3.30. The molecule has 0 aromatic heterocycles. The Morgan fingerprint density at radius 3 is 2.80 bits per heavy atom. The SMILES string of the molecule is CC(C)[C@]12CCCOC1C2. The second-order valence-electron chi connectivity index (χ2n) is 4.05. The van der Waals surface area contributed by atoms with Crippen LogP contribution >= 0.6 is 0 Å². The molecule has 10 heavy (non-hydrogen) atoms. The summed E-state index contributed by atoms with van der Waals surface area (Å²) in [5, 5.41) is 0. The Bertz CT molecular complexity index is 142. The van der Waals surface area contributed by atoms with Crippen LogP contribution in [0, 0.1) is 11.3 Å². The van der Waals surface area contributed by atoms with Crippen LogP contribution in [0.1, 0.15) is 33.1 Å². The van der Waals surface area contributed by atoms with Crippen molar-refractivity contribution in [2.45, 2.75) is 39.2 Å². The van der Waals surface area contributed by atoms with Crippen LogP contribution in [0.3, 0.4) is 0 Å². The summed E-state index contributed by atoms with van der Waals surface area (Å²) in [6.45, 7) is 5.67. The van der Waals surface area contributed by atoms with Gasteiger partial charge in [0.05, 0.1) is 6.10 Å². The van der Waals surface area contributed by atoms with E-state index in [0.717, 1.165) is 12.5 Å². The van der Waals surface area contributed by atoms with Gasteiger partial charge in [-0.15, -0.1) is 0 Å². The van der Waals surface area contributed by atoms with Gasteiger partial charge in [-0.2, -0.15) is 0 Å². The normalized spacial score (nSPS) is 45.3. The fraction of sp³-hybridized carbons (Fsp3) is 1.00. The average molecular weight is 140 g/mol. The summed E-state index contributed by atoms with van der Waals surface area (Å²) < 4.78 is 5.62. The highest BCUT2D eigenvalue weighted by atomic mass is 16.5. The number of hydrogen-bond acceptors (Lipinski definition) is 1. The lowest BCUT2D eigenvalue weighted by Gasteiger charge is -2.25. The first-order valence-corrected chi connectivity index (χ1v) is 4.37. The van der Waals surface area contributed by atoms with Gasteiger partial charge in [0.1, 0.15) is 0 Å². The molecule has 0 radical (unpaired) electrons. The van der Waals surface area contributed by atoms with E-state index in [1.165, 1.54) is 19.3 Å². The monoisotopic (exact) mass is 140 g/mol. The molecule has 58 valence electrons. The van der Waals surface area contributed by atoms with Gasteiger partial charge < -0.3 is 4.74 Å². The summed E-state index contributed by atoms with van der Waals surface area (Å²) in [7, 11) is 0. The Morgan fingerprint density at radius 1 is 1.50 bits per heavy atom. The van der Waals surface area contributed by atoms with Crippen molar-refractivity contribution in [2.24, 2.45) is 11.3 Å². The minimum absolute atomic E-state index is 0.623. The summed E-state index contributed by atoms with van der Waals surface area (Å²) in [5.74, 6) is 0.831. The molecular formula is C9H16O. The lowest BCUT2D eigenvalue weighted by Crippen LogP contribution is -2.22. The van der Waals surface area contributed by atoms with Gasteiger partial charge in [-0.1, -0.05) is 13.8 Å². The number of ether oxygens (including phenoxy) is 1. The second-order valence-corrected chi connectivity index (χ2v) is 4.05. The van der Waals surface area contributed by atoms with Crippen molar-refractivity contribution in [3.63, 3.8) is 0 Å². The molecule has 1 saturated heterocycles. The Kier molecular flexibility index (Phi) is 1.31. The van der Waals surface area contributed by atoms with E-state index in [1.807, 2.05) is 0 Å². The molecule has 1 nitrogen and oxygen atoms in total. The first-order valence-electron chi connectivity index (χ1n) is 4.37. The van der Waals surface area contributed by atoms with E-state index in [1.54, 1.807) is 0 Å². The van der Waals surface area contributed by atoms with E-state index in [4.69, 9.17) is 4.74 Å². The molecule has 0 N–H and O–H groups in total. The van der Waals surface area contributed by atoms with E-state index in [-0.39, 0.29) is 0 Å². The summed E-state index contributed by atoms with van der Waals surface area (Å²) in [4.78, 5) is 0. The molecule has 2 rings (SSSR count). The molecule has 0 spiro atoms. The van der Waals surface area contributed by atoms with E-state index >= 15 is 0 Å². The van der Waals surface area contributed by atoms with Crippen molar-refractivity contribution >= 4 is 0 Å². The zero-order valence-corrected chi connectivity index (χ0v) is 6.89. The van der Waals surface area contributed by atoms with Gasteiger partial charge in [-0.05, 0) is 25.2 Å². The lowest BCUT2D eigenvalue weighted by molar-refractivity contribution is 0.0334. The van der Waals surface area contributed by atoms with Crippen molar-refractivity contribution in [1.82, 2.24) is 0 Å². The Hall–Kier alpha value is -0.0400. The number of rotatable bonds is 1. The van der Waals surface area contributed by atoms with Crippen molar-refractivity contribution in [1.29, 1.82) is 0 Å². The highest BCUT2D eigenvalue weighted by Crippen LogP contribution is 2.59. The highest BCUT2D eigenvalue weighted by Gasteiger charge is 2.57. The molecule has 1 unspecified atom stereocenters. The molecule has 0 aromatic rings. The second kappa shape index (κ2) is 1.97. The Balaban J connectivity index is 2.05. The first kappa shape index (κ1) is 6.66. The van der Waals surface area contributed by atoms with Crippen LogP contribution in [0.5, 0.6) is 0 Å². The molecule has 2 fully saturated rings. The fourth-order valence-electron chi connectivity index (χ4n) is 2.30. The van der Waals surface area contributed by atoms with Gasteiger partial charge in [-0.3, -0.25) is 0 Å². The standard InChI is InChI=1S/C9H16O/c1-7(2)9-4-3-5-10-8(9)6-9/h7-8H,3-6H2,1-2H3/t8?,9-/m1/s1. The van der Waals surface area contributed by atoms with Crippen LogP contribution < -0.4 is 0 Å². The van der Waals surface area contributed by atoms with Gasteiger partial charge in [0.2, 0.25) is 0 Å². The van der Waals surface area contributed by atoms with Crippen LogP contribution in [-0.2, 0) is 4.74 Å². The lowest BCUT2D eigenvalue weighted by atomic mass is 9.86. The average Bonchev–Trinajstić information content (AvgIpc) is 2.61. The summed E-state index contributed by atoms with van der Waals surface area (Å²) >= 11 is 0. The van der Waals surface area contributed by atoms with Crippen molar-refractivity contribution in [3.8, 4) is 0 Å². The summed E-state index contributed by atoms with van der Waals surface area (Å²) in [6, 6.07) is 0. The molecular weight excluding hydrogens is 124 g/mol. The van der Waals surface area contributed by atoms with Crippen LogP contribution in [0.4, 0.5) is 0 Å². The van der Waals surface area contributed by atoms with Gasteiger partial charge >= 0.3 is 0 Å². The highest BCUT2D eigenvalue weighted by molar-refractivity contribution is 5.07. The van der Waals surface area contributed by atoms with Crippen LogP contribution in [-0.4, -0.2) is 12.7 Å². The van der Waals surface area contributed by atoms with Crippen LogP contribution in [0.25, 0.3) is 0 Å². The maximum absolute atomic E-state index is 5.62. The Labute approximate surface area is 62.8 Å². The number of hydrogen-bond donors (Lipinski definition) is 0. The van der Waals surface area contributed by atoms with Crippen molar-refractivity contribution < 1.29 is 4.74 Å². The molecule has 0 bridgehead atoms. The molecule has 2 atom stereocenters. The Morgan fingerprint density at radius 2 is 2.30 bits per heavy atom. The minimum atomic E-state index is 0.623. The largest absolute Gasteiger partial charge is 0.378 e. The van der Waals surface area contributed by atoms with E-state index in [9.17, 15) is 0 Å². The maximum atomic E-state index is 5.62. The zero-order valence-electron chi connectivity index (χ0n) is 6.89. The van der Waals surface area contributed by atoms with Gasteiger partial charge in [-0.25, -0.2) is 0 Å². The third-order valence-electron chi connectivity index (χ3n) is 3.30. The molecule has 1 saturated carbocycles. The van der Waals surface area contributed by atoms with Crippen LogP contribution in [0.2, 0.25) is 0 Å². The third kappa shape index (κ3) is 0.731. The first-order chi connectivity index (χ1) is 4.76. The smallest absolute Gasteiger partial charge is 0.0641 e. The van der Waals surface area contributed by atoms with E-state index < -0.39 is 0 Å². The predicted molar refractivity (Wildman–Crippen MR) is 40.9 cm³/mol. The summed E-state index contributed by atoms with van der Waals surface area (Å²) in [6.07, 6.45) is 4.68. The maximum Gasteiger partial charge on any atom is 0.0641 e. The molecule has 1 heterocycles. The molecule has 0 aromatic carbocycles. The predicted octanol–water partition coefficient (Wildman–Crippen LogP) is 2.21. The molecule has 1 aliphatic heterocycles. The van der Waals surface area contributed by atoms with E-state index in [0.29, 0.717) is 11.5 Å². The summed E-state index contributed by atoms with van der Waals surface area (Å²) in [5.41, 5.74) is 0.623. The quantitative estimate of drug-likeness (QED) is 0.542. The minimum Gasteiger partial charge on any atom is -0.378 e. The van der Waals surface area contributed by atoms with Crippen LogP contribution in [0.15, 0.2) is 0 Å². The topological polar surface area (TPSA) is 9.23 Å². The molecule has 1 aliphatic carbocycles. The molecule has 1 heteroatoms. The van der Waals surface area contributed by atoms with Gasteiger partial charge in [0, 0.05) is 12.0 Å². The van der Waals surface area contributed by atoms with Gasteiger partial charge in [0.25, 0.3) is 0 Å². The fourth-order valence-corrected chi connectivity index (χ4v) is 2.30. The molecule has 0 amide bonds. The van der Waals surface area contributed by atoms with Crippen molar-refractivity contribution in [3.05, 3.63) is 0 Å².